The highest BCUT2D eigenvalue weighted by Crippen LogP contribution is 2.20. The van der Waals surface area contributed by atoms with Crippen molar-refractivity contribution in [1.29, 1.82) is 0 Å². The van der Waals surface area contributed by atoms with Gasteiger partial charge in [-0.15, -0.1) is 0 Å². The Bertz CT molecular complexity index is 2350. The van der Waals surface area contributed by atoms with Gasteiger partial charge in [0, 0.05) is 61.7 Å². The fourth-order valence-electron chi connectivity index (χ4n) is 6.73. The van der Waals surface area contributed by atoms with Crippen LogP contribution in [0.1, 0.15) is 35.6 Å². The number of nitrogens with two attached hydrogens (primary N) is 1. The van der Waals surface area contributed by atoms with Crippen molar-refractivity contribution in [3.8, 4) is 0 Å². The van der Waals surface area contributed by atoms with Crippen molar-refractivity contribution in [2.75, 3.05) is 17.7 Å². The summed E-state index contributed by atoms with van der Waals surface area (Å²) in [6.07, 6.45) is 0.796. The van der Waals surface area contributed by atoms with E-state index >= 15 is 0 Å². The van der Waals surface area contributed by atoms with Crippen molar-refractivity contribution in [2.24, 2.45) is 5.73 Å². The number of aromatic nitrogens is 1. The van der Waals surface area contributed by atoms with Crippen LogP contribution >= 0.6 is 0 Å². The van der Waals surface area contributed by atoms with E-state index in [0.717, 1.165) is 26.9 Å². The average Bonchev–Trinajstić information content (AvgIpc) is 3.62. The number of anilines is 2. The number of likely N-dealkylation sites (N-methyl/N-ethyl adjacent to an activating group) is 1. The molecule has 0 saturated carbocycles. The molecule has 0 aliphatic rings. The monoisotopic (exact) mass is 816 g/mol. The molecule has 4 aromatic carbocycles. The molecule has 0 saturated heterocycles. The lowest BCUT2D eigenvalue weighted by Gasteiger charge is -2.30. The third-order valence-electron chi connectivity index (χ3n) is 9.88. The van der Waals surface area contributed by atoms with Gasteiger partial charge < -0.3 is 47.3 Å². The van der Waals surface area contributed by atoms with Gasteiger partial charge in [0.15, 0.2) is 0 Å². The van der Waals surface area contributed by atoms with Crippen LogP contribution in [-0.4, -0.2) is 87.7 Å². The predicted molar refractivity (Wildman–Crippen MR) is 226 cm³/mol. The first-order valence-electron chi connectivity index (χ1n) is 19.2. The van der Waals surface area contributed by atoms with E-state index in [1.165, 1.54) is 14.0 Å². The lowest BCUT2D eigenvalue weighted by Crippen LogP contribution is -2.59. The number of urea groups is 1. The summed E-state index contributed by atoms with van der Waals surface area (Å²) in [4.78, 5) is 96.0. The molecule has 0 aliphatic carbocycles. The molecule has 312 valence electrons. The molecule has 9 N–H and O–H groups in total. The number of carbonyl (C=O) groups is 7. The van der Waals surface area contributed by atoms with Crippen LogP contribution < -0.4 is 32.3 Å². The van der Waals surface area contributed by atoms with Crippen molar-refractivity contribution in [3.05, 3.63) is 132 Å². The average molecular weight is 817 g/mol. The molecule has 0 fully saturated rings. The first-order chi connectivity index (χ1) is 28.7. The number of aliphatic carboxylic acids is 1. The van der Waals surface area contributed by atoms with Crippen LogP contribution in [0.3, 0.4) is 0 Å². The summed E-state index contributed by atoms with van der Waals surface area (Å²) in [5, 5.41) is 24.0. The van der Waals surface area contributed by atoms with Crippen molar-refractivity contribution in [1.82, 2.24) is 25.8 Å². The van der Waals surface area contributed by atoms with E-state index in [2.05, 4.69) is 31.6 Å². The van der Waals surface area contributed by atoms with Gasteiger partial charge in [0.05, 0.1) is 6.42 Å². The van der Waals surface area contributed by atoms with E-state index in [1.807, 2.05) is 43.3 Å². The van der Waals surface area contributed by atoms with Crippen LogP contribution in [0.5, 0.6) is 0 Å². The van der Waals surface area contributed by atoms with Crippen LogP contribution in [0.25, 0.3) is 10.9 Å². The van der Waals surface area contributed by atoms with Crippen LogP contribution in [0.4, 0.5) is 16.2 Å². The Labute approximate surface area is 346 Å². The Morgan fingerprint density at radius 2 is 1.30 bits per heavy atom. The van der Waals surface area contributed by atoms with E-state index < -0.39 is 72.1 Å². The zero-order valence-electron chi connectivity index (χ0n) is 33.4. The number of nitrogens with zero attached hydrogens (tertiary/aromatic N) is 1. The third kappa shape index (κ3) is 12.0. The van der Waals surface area contributed by atoms with Gasteiger partial charge in [-0.25, -0.2) is 4.79 Å². The molecule has 0 aliphatic heterocycles. The van der Waals surface area contributed by atoms with Gasteiger partial charge in [0.25, 0.3) is 0 Å². The smallest absolute Gasteiger partial charge is 0.323 e. The molecular formula is C44H48N8O8. The molecule has 4 atom stereocenters. The number of amides is 7. The van der Waals surface area contributed by atoms with Gasteiger partial charge in [0.2, 0.25) is 29.5 Å². The standard InChI is InChI=1S/C44H48N8O8/c1-26-11-7-9-15-33(26)51-44(60)48-31-19-17-29(18-20-31)21-35(49-42(58)36(47-27(2)53)23-30-25-46-34-16-10-8-14-32(30)34)41(57)50-37(24-39(54)55)43(59)52(3)38(40(45)56)22-28-12-5-4-6-13-28/h4-20,25,35-38,46H,21-24H2,1-3H3,(H2,45,56)(H,47,53)(H,49,58)(H,50,57)(H,54,55)(H2,48,51,60)/t35-,36-,37-,38-/m0/s1. The summed E-state index contributed by atoms with van der Waals surface area (Å²) >= 11 is 0. The molecule has 0 unspecified atom stereocenters. The number of H-pyrrole nitrogens is 1. The summed E-state index contributed by atoms with van der Waals surface area (Å²) in [5.41, 5.74) is 10.4. The van der Waals surface area contributed by atoms with E-state index in [9.17, 15) is 38.7 Å². The van der Waals surface area contributed by atoms with Crippen LogP contribution in [0, 0.1) is 6.92 Å². The second kappa shape index (κ2) is 20.3. The van der Waals surface area contributed by atoms with Gasteiger partial charge in [-0.05, 0) is 53.4 Å². The molecule has 16 heteroatoms. The van der Waals surface area contributed by atoms with Gasteiger partial charge in [-0.1, -0.05) is 78.9 Å². The van der Waals surface area contributed by atoms with Crippen LogP contribution in [0.15, 0.2) is 109 Å². The highest BCUT2D eigenvalue weighted by Gasteiger charge is 2.35. The lowest BCUT2D eigenvalue weighted by atomic mass is 10.0. The minimum absolute atomic E-state index is 0.0320. The van der Waals surface area contributed by atoms with Crippen molar-refractivity contribution in [3.63, 3.8) is 0 Å². The Kier molecular flexibility index (Phi) is 14.7. The topological polar surface area (TPSA) is 245 Å². The number of aryl methyl sites for hydroxylation is 1. The first-order valence-corrected chi connectivity index (χ1v) is 19.2. The second-order valence-electron chi connectivity index (χ2n) is 14.4. The fourth-order valence-corrected chi connectivity index (χ4v) is 6.73. The molecule has 1 aromatic heterocycles. The second-order valence-corrected chi connectivity index (χ2v) is 14.4. The zero-order chi connectivity index (χ0) is 43.3. The molecule has 1 heterocycles. The number of primary amides is 1. The number of fused-ring (bicyclic) bond motifs is 1. The third-order valence-corrected chi connectivity index (χ3v) is 9.88. The first kappa shape index (κ1) is 43.6. The van der Waals surface area contributed by atoms with Gasteiger partial charge >= 0.3 is 12.0 Å². The maximum absolute atomic E-state index is 14.2. The molecule has 16 nitrogen and oxygen atoms in total. The minimum atomic E-state index is -1.67. The van der Waals surface area contributed by atoms with Gasteiger partial charge in [-0.2, -0.15) is 0 Å². The number of para-hydroxylation sites is 2. The normalized spacial score (nSPS) is 12.8. The molecule has 7 amide bonds. The Balaban J connectivity index is 1.39. The SMILES string of the molecule is CC(=O)N[C@@H](Cc1c[nH]c2ccccc12)C(=O)N[C@@H](Cc1ccc(NC(=O)Nc2ccccc2C)cc1)C(=O)N[C@@H](CC(=O)O)C(=O)N(C)[C@@H](Cc1ccccc1)C(N)=O. The van der Waals surface area contributed by atoms with Gasteiger partial charge in [-0.3, -0.25) is 28.8 Å². The number of benzene rings is 4. The number of rotatable bonds is 18. The Hall–Kier alpha value is -7.49. The molecule has 60 heavy (non-hydrogen) atoms. The molecule has 0 spiro atoms. The van der Waals surface area contributed by atoms with E-state index in [0.29, 0.717) is 22.5 Å². The van der Waals surface area contributed by atoms with Crippen LogP contribution in [-0.2, 0) is 48.0 Å². The van der Waals surface area contributed by atoms with E-state index in [1.54, 1.807) is 72.9 Å². The minimum Gasteiger partial charge on any atom is -0.481 e. The zero-order valence-corrected chi connectivity index (χ0v) is 33.4. The van der Waals surface area contributed by atoms with E-state index in [-0.39, 0.29) is 19.3 Å². The Morgan fingerprint density at radius 1 is 0.700 bits per heavy atom. The summed E-state index contributed by atoms with van der Waals surface area (Å²) in [7, 11) is 1.29. The molecule has 5 aromatic rings. The number of carboxylic acids is 1. The molecule has 0 radical (unpaired) electrons. The number of aromatic amines is 1. The van der Waals surface area contributed by atoms with E-state index in [4.69, 9.17) is 5.73 Å². The number of carboxylic acid groups (broad SMARTS) is 1. The summed E-state index contributed by atoms with van der Waals surface area (Å²) in [5.74, 6) is -5.30. The van der Waals surface area contributed by atoms with Crippen molar-refractivity contribution in [2.45, 2.75) is 63.7 Å². The maximum atomic E-state index is 14.2. The summed E-state index contributed by atoms with van der Waals surface area (Å²) < 4.78 is 0. The van der Waals surface area contributed by atoms with Crippen molar-refractivity contribution < 1.29 is 38.7 Å². The highest BCUT2D eigenvalue weighted by atomic mass is 16.4. The van der Waals surface area contributed by atoms with Crippen molar-refractivity contribution >= 4 is 63.8 Å². The maximum Gasteiger partial charge on any atom is 0.323 e. The molecule has 0 bridgehead atoms. The van der Waals surface area contributed by atoms with Crippen LogP contribution in [0.2, 0.25) is 0 Å². The van der Waals surface area contributed by atoms with Gasteiger partial charge in [0.1, 0.15) is 24.2 Å². The number of hydrogen-bond acceptors (Lipinski definition) is 7. The summed E-state index contributed by atoms with van der Waals surface area (Å²) in [6, 6.07) is 24.0. The lowest BCUT2D eigenvalue weighted by molar-refractivity contribution is -0.145. The summed E-state index contributed by atoms with van der Waals surface area (Å²) in [6.45, 7) is 3.12. The molecule has 5 rings (SSSR count). The highest BCUT2D eigenvalue weighted by molar-refractivity contribution is 6.00. The number of nitrogens with one attached hydrogen (secondary N) is 6. The predicted octanol–water partition coefficient (Wildman–Crippen LogP) is 3.41. The molecular weight excluding hydrogens is 769 g/mol. The Morgan fingerprint density at radius 3 is 1.95 bits per heavy atom. The number of hydrogen-bond donors (Lipinski definition) is 8. The fraction of sp³-hybridized carbons (Fsp3) is 0.250. The quantitative estimate of drug-likeness (QED) is 0.0650. The largest absolute Gasteiger partial charge is 0.481 e. The number of carbonyl (C=O) groups excluding carboxylic acids is 6.